The molecule has 2 amide bonds. The summed E-state index contributed by atoms with van der Waals surface area (Å²) in [6.45, 7) is 4.98. The highest BCUT2D eigenvalue weighted by Crippen LogP contribution is 2.19. The van der Waals surface area contributed by atoms with Crippen molar-refractivity contribution in [3.63, 3.8) is 0 Å². The van der Waals surface area contributed by atoms with Crippen LogP contribution in [-0.2, 0) is 9.53 Å². The van der Waals surface area contributed by atoms with Gasteiger partial charge in [0.25, 0.3) is 0 Å². The molecular formula is C12H22N2O4. The summed E-state index contributed by atoms with van der Waals surface area (Å²) in [7, 11) is 1.63. The summed E-state index contributed by atoms with van der Waals surface area (Å²) in [6, 6.07) is -1.14. The van der Waals surface area contributed by atoms with Gasteiger partial charge in [0.2, 0.25) is 0 Å². The summed E-state index contributed by atoms with van der Waals surface area (Å²) in [4.78, 5) is 24.4. The molecule has 0 aromatic rings. The van der Waals surface area contributed by atoms with Gasteiger partial charge in [-0.25, -0.2) is 9.59 Å². The number of methoxy groups -OCH3 is 1. The lowest BCUT2D eigenvalue weighted by Gasteiger charge is -2.36. The number of nitrogens with one attached hydrogen (secondary N) is 1. The molecule has 0 saturated carbocycles. The number of ether oxygens (including phenoxy) is 1. The van der Waals surface area contributed by atoms with Crippen LogP contribution in [0.1, 0.15) is 26.7 Å². The van der Waals surface area contributed by atoms with E-state index in [1.165, 1.54) is 0 Å². The lowest BCUT2D eigenvalue weighted by molar-refractivity contribution is -0.139. The minimum absolute atomic E-state index is 0.0226. The van der Waals surface area contributed by atoms with Crippen molar-refractivity contribution in [1.82, 2.24) is 10.2 Å². The van der Waals surface area contributed by atoms with Crippen molar-refractivity contribution in [2.45, 2.75) is 38.8 Å². The molecule has 0 spiro atoms. The summed E-state index contributed by atoms with van der Waals surface area (Å²) in [6.07, 6.45) is 1.27. The number of piperidine rings is 1. The molecule has 1 rings (SSSR count). The Morgan fingerprint density at radius 2 is 2.22 bits per heavy atom. The first-order chi connectivity index (χ1) is 8.49. The van der Waals surface area contributed by atoms with Gasteiger partial charge in [-0.2, -0.15) is 0 Å². The molecule has 1 aliphatic rings. The third-order valence-corrected chi connectivity index (χ3v) is 3.48. The highest BCUT2D eigenvalue weighted by molar-refractivity contribution is 5.82. The van der Waals surface area contributed by atoms with Gasteiger partial charge in [0.15, 0.2) is 0 Å². The van der Waals surface area contributed by atoms with Gasteiger partial charge in [0.1, 0.15) is 6.04 Å². The second-order valence-corrected chi connectivity index (χ2v) is 4.73. The second-order valence-electron chi connectivity index (χ2n) is 4.73. The largest absolute Gasteiger partial charge is 0.480 e. The Morgan fingerprint density at radius 1 is 1.56 bits per heavy atom. The van der Waals surface area contributed by atoms with Crippen LogP contribution in [0, 0.1) is 5.92 Å². The molecule has 2 N–H and O–H groups in total. The van der Waals surface area contributed by atoms with Gasteiger partial charge in [-0.05, 0) is 18.8 Å². The quantitative estimate of drug-likeness (QED) is 0.785. The molecule has 0 aliphatic carbocycles. The van der Waals surface area contributed by atoms with Crippen molar-refractivity contribution in [2.75, 3.05) is 20.2 Å². The van der Waals surface area contributed by atoms with Crippen LogP contribution in [0.5, 0.6) is 0 Å². The first kappa shape index (κ1) is 14.8. The number of rotatable bonds is 4. The standard InChI is InChI=1S/C12H22N2O4/c1-4-9(11(15)16)13-12(17)14-6-5-8(2)10(7-14)18-3/h8-10H,4-7H2,1-3H3,(H,13,17)(H,15,16)/t8?,9-,10?/m1/s1. The fraction of sp³-hybridized carbons (Fsp3) is 0.833. The maximum absolute atomic E-state index is 11.9. The summed E-state index contributed by atoms with van der Waals surface area (Å²) in [5, 5.41) is 11.4. The number of carboxylic acids is 1. The van der Waals surface area contributed by atoms with E-state index in [4.69, 9.17) is 9.84 Å². The van der Waals surface area contributed by atoms with Gasteiger partial charge < -0.3 is 20.1 Å². The number of urea groups is 1. The molecule has 1 saturated heterocycles. The predicted octanol–water partition coefficient (Wildman–Crippen LogP) is 0.916. The summed E-state index contributed by atoms with van der Waals surface area (Å²) in [5.41, 5.74) is 0. The lowest BCUT2D eigenvalue weighted by atomic mass is 9.96. The molecule has 6 nitrogen and oxygen atoms in total. The Labute approximate surface area is 107 Å². The van der Waals surface area contributed by atoms with Crippen LogP contribution in [0.4, 0.5) is 4.79 Å². The van der Waals surface area contributed by atoms with E-state index in [2.05, 4.69) is 12.2 Å². The lowest BCUT2D eigenvalue weighted by Crippen LogP contribution is -2.53. The number of carbonyl (C=O) groups excluding carboxylic acids is 1. The van der Waals surface area contributed by atoms with Gasteiger partial charge in [0, 0.05) is 20.2 Å². The summed E-state index contributed by atoms with van der Waals surface area (Å²) in [5.74, 6) is -0.583. The number of amides is 2. The molecule has 18 heavy (non-hydrogen) atoms. The number of likely N-dealkylation sites (tertiary alicyclic amines) is 1. The van der Waals surface area contributed by atoms with Crippen molar-refractivity contribution >= 4 is 12.0 Å². The summed E-state index contributed by atoms with van der Waals surface area (Å²) < 4.78 is 5.32. The average molecular weight is 258 g/mol. The Kier molecular flexibility index (Phi) is 5.40. The van der Waals surface area contributed by atoms with Gasteiger partial charge >= 0.3 is 12.0 Å². The van der Waals surface area contributed by atoms with Crippen LogP contribution in [0.3, 0.4) is 0 Å². The Balaban J connectivity index is 2.54. The van der Waals surface area contributed by atoms with Crippen LogP contribution < -0.4 is 5.32 Å². The third-order valence-electron chi connectivity index (χ3n) is 3.48. The second kappa shape index (κ2) is 6.58. The normalized spacial score (nSPS) is 25.6. The summed E-state index contributed by atoms with van der Waals surface area (Å²) >= 11 is 0. The van der Waals surface area contributed by atoms with Crippen molar-refractivity contribution < 1.29 is 19.4 Å². The van der Waals surface area contributed by atoms with Gasteiger partial charge in [-0.1, -0.05) is 13.8 Å². The molecule has 0 radical (unpaired) electrons. The first-order valence-electron chi connectivity index (χ1n) is 6.30. The molecule has 0 aromatic heterocycles. The zero-order valence-electron chi connectivity index (χ0n) is 11.2. The van der Waals surface area contributed by atoms with E-state index in [0.717, 1.165) is 6.42 Å². The number of carboxylic acid groups (broad SMARTS) is 1. The Morgan fingerprint density at radius 3 is 2.72 bits per heavy atom. The Bertz CT molecular complexity index is 308. The van der Waals surface area contributed by atoms with Crippen molar-refractivity contribution in [3.8, 4) is 0 Å². The van der Waals surface area contributed by atoms with E-state index in [9.17, 15) is 9.59 Å². The highest BCUT2D eigenvalue weighted by Gasteiger charge is 2.30. The van der Waals surface area contributed by atoms with Crippen LogP contribution in [0.15, 0.2) is 0 Å². The molecule has 0 bridgehead atoms. The number of hydrogen-bond acceptors (Lipinski definition) is 3. The van der Waals surface area contributed by atoms with Crippen LogP contribution in [0.2, 0.25) is 0 Å². The minimum atomic E-state index is -1.00. The van der Waals surface area contributed by atoms with E-state index in [-0.39, 0.29) is 12.1 Å². The smallest absolute Gasteiger partial charge is 0.326 e. The van der Waals surface area contributed by atoms with E-state index in [0.29, 0.717) is 25.4 Å². The fourth-order valence-electron chi connectivity index (χ4n) is 2.10. The van der Waals surface area contributed by atoms with E-state index in [1.807, 2.05) is 0 Å². The molecule has 1 aliphatic heterocycles. The zero-order chi connectivity index (χ0) is 13.7. The Hall–Kier alpha value is -1.30. The molecule has 1 heterocycles. The molecule has 6 heteroatoms. The molecule has 104 valence electrons. The van der Waals surface area contributed by atoms with Crippen molar-refractivity contribution in [3.05, 3.63) is 0 Å². The molecule has 2 unspecified atom stereocenters. The molecule has 1 fully saturated rings. The maximum atomic E-state index is 11.9. The zero-order valence-corrected chi connectivity index (χ0v) is 11.2. The minimum Gasteiger partial charge on any atom is -0.480 e. The number of carbonyl (C=O) groups is 2. The monoisotopic (exact) mass is 258 g/mol. The van der Waals surface area contributed by atoms with Crippen LogP contribution in [0.25, 0.3) is 0 Å². The fourth-order valence-corrected chi connectivity index (χ4v) is 2.10. The first-order valence-corrected chi connectivity index (χ1v) is 6.30. The van der Waals surface area contributed by atoms with Gasteiger partial charge in [-0.15, -0.1) is 0 Å². The van der Waals surface area contributed by atoms with E-state index >= 15 is 0 Å². The van der Waals surface area contributed by atoms with Crippen LogP contribution in [-0.4, -0.2) is 54.4 Å². The predicted molar refractivity (Wildman–Crippen MR) is 66.4 cm³/mol. The molecule has 3 atom stereocenters. The van der Waals surface area contributed by atoms with Crippen molar-refractivity contribution in [2.24, 2.45) is 5.92 Å². The topological polar surface area (TPSA) is 78.9 Å². The van der Waals surface area contributed by atoms with Crippen LogP contribution >= 0.6 is 0 Å². The van der Waals surface area contributed by atoms with Crippen molar-refractivity contribution in [1.29, 1.82) is 0 Å². The number of nitrogens with zero attached hydrogens (tertiary/aromatic N) is 1. The van der Waals surface area contributed by atoms with Gasteiger partial charge in [-0.3, -0.25) is 0 Å². The average Bonchev–Trinajstić information content (AvgIpc) is 2.35. The van der Waals surface area contributed by atoms with E-state index in [1.54, 1.807) is 18.9 Å². The highest BCUT2D eigenvalue weighted by atomic mass is 16.5. The number of aliphatic carboxylic acids is 1. The molecular weight excluding hydrogens is 236 g/mol. The third kappa shape index (κ3) is 3.60. The van der Waals surface area contributed by atoms with Gasteiger partial charge in [0.05, 0.1) is 6.10 Å². The van der Waals surface area contributed by atoms with E-state index < -0.39 is 12.0 Å². The maximum Gasteiger partial charge on any atom is 0.326 e. The number of hydrogen-bond donors (Lipinski definition) is 2. The SMILES string of the molecule is CC[C@@H](NC(=O)N1CCC(C)C(OC)C1)C(=O)O. The molecule has 0 aromatic carbocycles.